The van der Waals surface area contributed by atoms with E-state index in [1.54, 1.807) is 6.20 Å². The number of alkyl carbamates (subject to hydrolysis) is 1. The third-order valence-corrected chi connectivity index (χ3v) is 14.2. The maximum Gasteiger partial charge on any atom is 0.407 e. The van der Waals surface area contributed by atoms with Crippen LogP contribution in [-0.2, 0) is 35.6 Å². The summed E-state index contributed by atoms with van der Waals surface area (Å²) in [5, 5.41) is 7.04. The van der Waals surface area contributed by atoms with Crippen molar-refractivity contribution in [2.75, 3.05) is 13.2 Å². The molecule has 7 rings (SSSR count). The summed E-state index contributed by atoms with van der Waals surface area (Å²) in [6.45, 7) is 2.17. The molecule has 3 N–H and O–H groups in total. The molecule has 1 aromatic carbocycles. The number of amides is 4. The summed E-state index contributed by atoms with van der Waals surface area (Å²) in [6, 6.07) is 4.23. The van der Waals surface area contributed by atoms with E-state index in [4.69, 9.17) is 9.47 Å². The molecule has 3 saturated carbocycles. The number of benzene rings is 1. The maximum atomic E-state index is 14.7. The van der Waals surface area contributed by atoms with Gasteiger partial charge in [-0.05, 0) is 116 Å². The lowest BCUT2D eigenvalue weighted by molar-refractivity contribution is -0.142. The average molecular weight is 850 g/mol. The zero-order chi connectivity index (χ0) is 36.6. The van der Waals surface area contributed by atoms with Crippen LogP contribution in [0.5, 0.6) is 5.88 Å². The van der Waals surface area contributed by atoms with Gasteiger partial charge in [0, 0.05) is 27.0 Å². The molecule has 1 saturated heterocycles. The van der Waals surface area contributed by atoms with Crippen molar-refractivity contribution in [3.8, 4) is 5.88 Å². The number of ether oxygens (including phenoxy) is 2. The largest absolute Gasteiger partial charge is 0.472 e. The number of aryl methyl sites for hydroxylation is 1. The minimum Gasteiger partial charge on any atom is -0.472 e. The van der Waals surface area contributed by atoms with E-state index in [2.05, 4.69) is 55.1 Å². The highest BCUT2D eigenvalue weighted by Gasteiger charge is 2.62. The Bertz CT molecular complexity index is 1830. The molecular weight excluding hydrogens is 801 g/mol. The van der Waals surface area contributed by atoms with E-state index in [-0.39, 0.29) is 31.4 Å². The van der Waals surface area contributed by atoms with Gasteiger partial charge in [0.05, 0.1) is 18.4 Å². The smallest absolute Gasteiger partial charge is 0.407 e. The lowest BCUT2D eigenvalue weighted by Gasteiger charge is -2.34. The van der Waals surface area contributed by atoms with Crippen molar-refractivity contribution in [1.82, 2.24) is 25.2 Å². The van der Waals surface area contributed by atoms with Crippen molar-refractivity contribution in [2.45, 2.75) is 126 Å². The average Bonchev–Trinajstić information content (AvgIpc) is 4.05. The van der Waals surface area contributed by atoms with Crippen LogP contribution in [0, 0.1) is 15.4 Å². The summed E-state index contributed by atoms with van der Waals surface area (Å²) >= 11 is 2.32. The zero-order valence-electron chi connectivity index (χ0n) is 29.5. The molecule has 2 aliphatic heterocycles. The van der Waals surface area contributed by atoms with Crippen LogP contribution in [-0.4, -0.2) is 84.2 Å². The first kappa shape index (κ1) is 37.1. The lowest BCUT2D eigenvalue weighted by atomic mass is 9.83. The molecule has 2 aromatic rings. The van der Waals surface area contributed by atoms with E-state index >= 15 is 0 Å². The summed E-state index contributed by atoms with van der Waals surface area (Å²) in [4.78, 5) is 61.9. The number of nitrogens with zero attached hydrogens (tertiary/aromatic N) is 2. The molecule has 1 aromatic heterocycles. The Kier molecular flexibility index (Phi) is 10.9. The molecule has 3 heterocycles. The summed E-state index contributed by atoms with van der Waals surface area (Å²) in [5.41, 5.74) is -0.268. The third-order valence-electron chi connectivity index (χ3n) is 11.5. The number of aromatic nitrogens is 1. The van der Waals surface area contributed by atoms with Crippen molar-refractivity contribution >= 4 is 67.2 Å². The molecule has 0 radical (unpaired) electrons. The van der Waals surface area contributed by atoms with Crippen LogP contribution in [0.25, 0.3) is 10.8 Å². The molecule has 282 valence electrons. The number of halogens is 1. The number of cyclic esters (lactones) is 1. The Morgan fingerprint density at radius 3 is 2.56 bits per heavy atom. The first-order chi connectivity index (χ1) is 25.0. The SMILES string of the molecule is CC[C@@H]1C[C@]1(NC(=O)[C@@H]1C[C@@H]2CN1C(=O)[C@H](C1CCCCC1)NC(=O)OCCCCCc1cc(I)c3ccnc(c3c1)O2)C(=O)NS(=O)(=O)C1CC1. The molecule has 4 bridgehead atoms. The number of hydrogen-bond donors (Lipinski definition) is 3. The molecule has 0 spiro atoms. The minimum absolute atomic E-state index is 0.0538. The van der Waals surface area contributed by atoms with Crippen molar-refractivity contribution < 1.29 is 37.1 Å². The molecule has 3 aliphatic carbocycles. The Labute approximate surface area is 318 Å². The lowest BCUT2D eigenvalue weighted by Crippen LogP contribution is -2.59. The Morgan fingerprint density at radius 2 is 1.83 bits per heavy atom. The summed E-state index contributed by atoms with van der Waals surface area (Å²) in [7, 11) is -3.84. The van der Waals surface area contributed by atoms with Crippen LogP contribution in [0.1, 0.15) is 96.0 Å². The van der Waals surface area contributed by atoms with Crippen LogP contribution in [0.15, 0.2) is 24.4 Å². The van der Waals surface area contributed by atoms with Gasteiger partial charge < -0.3 is 25.0 Å². The molecule has 52 heavy (non-hydrogen) atoms. The molecule has 4 fully saturated rings. The van der Waals surface area contributed by atoms with Gasteiger partial charge in [0.15, 0.2) is 0 Å². The van der Waals surface area contributed by atoms with E-state index in [1.165, 1.54) is 4.90 Å². The number of sulfonamides is 1. The second kappa shape index (κ2) is 15.3. The molecule has 15 heteroatoms. The Balaban J connectivity index is 1.21. The highest BCUT2D eigenvalue weighted by molar-refractivity contribution is 14.1. The van der Waals surface area contributed by atoms with Crippen molar-refractivity contribution in [1.29, 1.82) is 0 Å². The van der Waals surface area contributed by atoms with Gasteiger partial charge in [-0.25, -0.2) is 18.2 Å². The van der Waals surface area contributed by atoms with Crippen molar-refractivity contribution in [3.05, 3.63) is 33.5 Å². The number of carbonyl (C=O) groups excluding carboxylic acids is 4. The summed E-state index contributed by atoms with van der Waals surface area (Å²) in [5.74, 6) is -1.69. The standard InChI is InChI=1S/C37H48IN5O8S/c1-2-24-20-37(24,35(46)42-52(48,49)26-12-13-26)41-32(44)30-19-25-21-43(30)34(45)31(23-10-6-3-7-11-23)40-36(47)50-16-8-4-5-9-22-17-28-27(29(38)18-22)14-15-39-33(28)51-25/h14-15,17-18,23-26,30-31H,2-13,16,19-21H2,1H3,(H,40,47)(H,41,44)(H,42,46)/t24-,25-,30+,31+,37-/m1/s1. The van der Waals surface area contributed by atoms with Crippen molar-refractivity contribution in [2.24, 2.45) is 11.8 Å². The zero-order valence-corrected chi connectivity index (χ0v) is 32.5. The number of fused-ring (bicyclic) bond motifs is 3. The summed E-state index contributed by atoms with van der Waals surface area (Å²) < 4.78 is 40.9. The number of hydrogen-bond acceptors (Lipinski definition) is 9. The fraction of sp³-hybridized carbons (Fsp3) is 0.649. The molecule has 5 aliphatic rings. The number of carbonyl (C=O) groups is 4. The van der Waals surface area contributed by atoms with Gasteiger partial charge in [-0.1, -0.05) is 32.6 Å². The topological polar surface area (TPSA) is 173 Å². The molecule has 5 atom stereocenters. The van der Waals surface area contributed by atoms with Crippen LogP contribution >= 0.6 is 22.6 Å². The first-order valence-corrected chi connectivity index (χ1v) is 21.5. The third kappa shape index (κ3) is 7.85. The fourth-order valence-electron chi connectivity index (χ4n) is 8.30. The highest BCUT2D eigenvalue weighted by atomic mass is 127. The van der Waals surface area contributed by atoms with Crippen molar-refractivity contribution in [3.63, 3.8) is 0 Å². The van der Waals surface area contributed by atoms with Gasteiger partial charge in [0.1, 0.15) is 23.7 Å². The molecular formula is C37H48IN5O8S. The quantitative estimate of drug-likeness (QED) is 0.340. The van der Waals surface area contributed by atoms with Gasteiger partial charge in [0.25, 0.3) is 5.91 Å². The van der Waals surface area contributed by atoms with Crippen LogP contribution in [0.2, 0.25) is 0 Å². The van der Waals surface area contributed by atoms with Gasteiger partial charge in [-0.3, -0.25) is 19.1 Å². The van der Waals surface area contributed by atoms with E-state index < -0.39 is 62.8 Å². The minimum atomic E-state index is -3.84. The number of rotatable bonds is 7. The number of nitrogens with one attached hydrogen (secondary N) is 3. The predicted molar refractivity (Wildman–Crippen MR) is 201 cm³/mol. The maximum absolute atomic E-state index is 14.7. The van der Waals surface area contributed by atoms with E-state index in [9.17, 15) is 27.6 Å². The van der Waals surface area contributed by atoms with E-state index in [0.717, 1.165) is 71.3 Å². The van der Waals surface area contributed by atoms with Gasteiger partial charge in [-0.15, -0.1) is 0 Å². The van der Waals surface area contributed by atoms with Gasteiger partial charge in [-0.2, -0.15) is 0 Å². The van der Waals surface area contributed by atoms with Crippen LogP contribution in [0.3, 0.4) is 0 Å². The Morgan fingerprint density at radius 1 is 1.06 bits per heavy atom. The fourth-order valence-corrected chi connectivity index (χ4v) is 10.5. The van der Waals surface area contributed by atoms with Gasteiger partial charge >= 0.3 is 6.09 Å². The predicted octanol–water partition coefficient (Wildman–Crippen LogP) is 4.48. The van der Waals surface area contributed by atoms with Gasteiger partial charge in [0.2, 0.25) is 27.7 Å². The highest BCUT2D eigenvalue weighted by Crippen LogP contribution is 2.47. The Hall–Kier alpha value is -3.21. The molecule has 4 amide bonds. The normalized spacial score (nSPS) is 29.0. The molecule has 13 nitrogen and oxygen atoms in total. The monoisotopic (exact) mass is 849 g/mol. The summed E-state index contributed by atoms with van der Waals surface area (Å²) in [6.07, 6.45) is 10.0. The number of pyridine rings is 1. The van der Waals surface area contributed by atoms with Crippen LogP contribution in [0.4, 0.5) is 4.79 Å². The first-order valence-electron chi connectivity index (χ1n) is 18.8. The van der Waals surface area contributed by atoms with Crippen LogP contribution < -0.4 is 20.1 Å². The molecule has 0 unspecified atom stereocenters. The van der Waals surface area contributed by atoms with E-state index in [0.29, 0.717) is 38.0 Å². The second-order valence-electron chi connectivity index (χ2n) is 15.2. The second-order valence-corrected chi connectivity index (χ2v) is 18.3. The van der Waals surface area contributed by atoms with E-state index in [1.807, 2.05) is 13.0 Å².